The van der Waals surface area contributed by atoms with Crippen molar-refractivity contribution in [2.24, 2.45) is 0 Å². The molecule has 1 saturated heterocycles. The van der Waals surface area contributed by atoms with E-state index >= 15 is 0 Å². The minimum atomic E-state index is 0.0899. The van der Waals surface area contributed by atoms with Crippen LogP contribution in [-0.2, 0) is 4.74 Å². The molecule has 3 atom stereocenters. The molecule has 1 N–H and O–H groups in total. The van der Waals surface area contributed by atoms with E-state index < -0.39 is 0 Å². The number of hydrogen-bond donors (Lipinski definition) is 1. The van der Waals surface area contributed by atoms with E-state index in [4.69, 9.17) is 9.15 Å². The van der Waals surface area contributed by atoms with Crippen molar-refractivity contribution in [3.05, 3.63) is 5.89 Å². The minimum absolute atomic E-state index is 0.0899. The number of morpholine rings is 1. The van der Waals surface area contributed by atoms with E-state index in [0.717, 1.165) is 19.6 Å². The van der Waals surface area contributed by atoms with Gasteiger partial charge in [-0.15, -0.1) is 5.10 Å². The third-order valence-corrected chi connectivity index (χ3v) is 3.00. The Morgan fingerprint density at radius 1 is 1.33 bits per heavy atom. The molecule has 1 aliphatic heterocycles. The maximum Gasteiger partial charge on any atom is 0.318 e. The number of ether oxygens (including phenoxy) is 1. The van der Waals surface area contributed by atoms with Crippen molar-refractivity contribution in [1.82, 2.24) is 15.5 Å². The number of aromatic nitrogens is 2. The Morgan fingerprint density at radius 2 is 2.00 bits per heavy atom. The summed E-state index contributed by atoms with van der Waals surface area (Å²) in [4.78, 5) is 2.09. The van der Waals surface area contributed by atoms with Gasteiger partial charge in [-0.2, -0.15) is 0 Å². The Bertz CT molecular complexity index is 372. The zero-order valence-corrected chi connectivity index (χ0v) is 11.5. The first-order valence-corrected chi connectivity index (χ1v) is 6.57. The summed E-state index contributed by atoms with van der Waals surface area (Å²) in [6, 6.07) is 0.684. The molecular weight excluding hydrogens is 232 g/mol. The fraction of sp³-hybridized carbons (Fsp3) is 0.833. The van der Waals surface area contributed by atoms with Crippen LogP contribution >= 0.6 is 0 Å². The second-order valence-corrected chi connectivity index (χ2v) is 4.86. The van der Waals surface area contributed by atoms with Crippen LogP contribution in [-0.4, -0.2) is 42.0 Å². The van der Waals surface area contributed by atoms with Crippen molar-refractivity contribution in [3.8, 4) is 0 Å². The summed E-state index contributed by atoms with van der Waals surface area (Å²) in [5.74, 6) is 0.638. The van der Waals surface area contributed by atoms with Crippen LogP contribution in [0.4, 0.5) is 6.01 Å². The van der Waals surface area contributed by atoms with Crippen molar-refractivity contribution in [1.29, 1.82) is 0 Å². The SMILES string of the molecule is CCNC(C)c1nnc(N2C[C@@H](C)O[C@@H](C)C2)o1. The van der Waals surface area contributed by atoms with Crippen molar-refractivity contribution in [3.63, 3.8) is 0 Å². The first-order valence-electron chi connectivity index (χ1n) is 6.57. The van der Waals surface area contributed by atoms with Gasteiger partial charge in [-0.05, 0) is 27.3 Å². The van der Waals surface area contributed by atoms with Gasteiger partial charge in [-0.1, -0.05) is 12.0 Å². The van der Waals surface area contributed by atoms with E-state index in [1.54, 1.807) is 0 Å². The van der Waals surface area contributed by atoms with Gasteiger partial charge in [0.25, 0.3) is 0 Å². The van der Waals surface area contributed by atoms with E-state index in [-0.39, 0.29) is 18.2 Å². The zero-order valence-electron chi connectivity index (χ0n) is 11.5. The summed E-state index contributed by atoms with van der Waals surface area (Å²) < 4.78 is 11.4. The molecule has 0 radical (unpaired) electrons. The predicted molar refractivity (Wildman–Crippen MR) is 68.6 cm³/mol. The second kappa shape index (κ2) is 5.67. The molecular formula is C12H22N4O2. The third kappa shape index (κ3) is 3.00. The van der Waals surface area contributed by atoms with Crippen LogP contribution in [0.1, 0.15) is 39.6 Å². The number of anilines is 1. The topological polar surface area (TPSA) is 63.4 Å². The van der Waals surface area contributed by atoms with E-state index in [9.17, 15) is 0 Å². The molecule has 1 unspecified atom stereocenters. The van der Waals surface area contributed by atoms with Gasteiger partial charge >= 0.3 is 6.01 Å². The number of nitrogens with one attached hydrogen (secondary N) is 1. The molecule has 2 rings (SSSR count). The van der Waals surface area contributed by atoms with E-state index in [1.807, 2.05) is 6.92 Å². The van der Waals surface area contributed by atoms with Gasteiger partial charge in [0.2, 0.25) is 5.89 Å². The molecule has 0 aliphatic carbocycles. The summed E-state index contributed by atoms with van der Waals surface area (Å²) >= 11 is 0. The van der Waals surface area contributed by atoms with Crippen molar-refractivity contribution < 1.29 is 9.15 Å². The van der Waals surface area contributed by atoms with Crippen LogP contribution in [0.3, 0.4) is 0 Å². The monoisotopic (exact) mass is 254 g/mol. The van der Waals surface area contributed by atoms with Crippen LogP contribution < -0.4 is 10.2 Å². The molecule has 0 aromatic carbocycles. The smallest absolute Gasteiger partial charge is 0.318 e. The fourth-order valence-corrected chi connectivity index (χ4v) is 2.26. The lowest BCUT2D eigenvalue weighted by Crippen LogP contribution is -2.45. The Hall–Kier alpha value is -1.14. The number of nitrogens with zero attached hydrogens (tertiary/aromatic N) is 3. The highest BCUT2D eigenvalue weighted by molar-refractivity contribution is 5.26. The van der Waals surface area contributed by atoms with Crippen molar-refractivity contribution in [2.75, 3.05) is 24.5 Å². The lowest BCUT2D eigenvalue weighted by atomic mass is 10.2. The van der Waals surface area contributed by atoms with E-state index in [0.29, 0.717) is 11.9 Å². The maximum atomic E-state index is 5.72. The second-order valence-electron chi connectivity index (χ2n) is 4.86. The fourth-order valence-electron chi connectivity index (χ4n) is 2.26. The Labute approximate surface area is 108 Å². The van der Waals surface area contributed by atoms with Crippen LogP contribution in [0.15, 0.2) is 4.42 Å². The summed E-state index contributed by atoms with van der Waals surface area (Å²) in [6.07, 6.45) is 0.380. The maximum absolute atomic E-state index is 5.72. The Balaban J connectivity index is 2.05. The van der Waals surface area contributed by atoms with Crippen LogP contribution in [0.5, 0.6) is 0 Å². The normalized spacial score (nSPS) is 26.3. The largest absolute Gasteiger partial charge is 0.406 e. The lowest BCUT2D eigenvalue weighted by molar-refractivity contribution is -0.00677. The average molecular weight is 254 g/mol. The molecule has 1 aromatic rings. The number of hydrogen-bond acceptors (Lipinski definition) is 6. The quantitative estimate of drug-likeness (QED) is 0.875. The molecule has 18 heavy (non-hydrogen) atoms. The molecule has 0 spiro atoms. The molecule has 1 aliphatic rings. The van der Waals surface area contributed by atoms with Gasteiger partial charge in [0.05, 0.1) is 18.2 Å². The molecule has 0 saturated carbocycles. The Morgan fingerprint density at radius 3 is 2.61 bits per heavy atom. The molecule has 2 heterocycles. The zero-order chi connectivity index (χ0) is 13.1. The van der Waals surface area contributed by atoms with Crippen molar-refractivity contribution in [2.45, 2.75) is 45.9 Å². The standard InChI is InChI=1S/C12H22N4O2/c1-5-13-10(4)11-14-15-12(18-11)16-6-8(2)17-9(3)7-16/h8-10,13H,5-7H2,1-4H3/t8-,9+,10?. The molecule has 6 heteroatoms. The van der Waals surface area contributed by atoms with Crippen LogP contribution in [0.25, 0.3) is 0 Å². The van der Waals surface area contributed by atoms with Crippen molar-refractivity contribution >= 4 is 6.01 Å². The molecule has 0 amide bonds. The minimum Gasteiger partial charge on any atom is -0.406 e. The van der Waals surface area contributed by atoms with Gasteiger partial charge in [-0.25, -0.2) is 0 Å². The summed E-state index contributed by atoms with van der Waals surface area (Å²) in [5, 5.41) is 11.5. The highest BCUT2D eigenvalue weighted by atomic mass is 16.5. The molecule has 1 aromatic heterocycles. The molecule has 0 bridgehead atoms. The van der Waals surface area contributed by atoms with Gasteiger partial charge in [0.1, 0.15) is 0 Å². The Kier molecular flexibility index (Phi) is 4.19. The molecule has 102 valence electrons. The summed E-state index contributed by atoms with van der Waals surface area (Å²) in [6.45, 7) is 10.7. The average Bonchev–Trinajstić information content (AvgIpc) is 2.77. The van der Waals surface area contributed by atoms with Crippen LogP contribution in [0, 0.1) is 0 Å². The van der Waals surface area contributed by atoms with Gasteiger partial charge in [-0.3, -0.25) is 0 Å². The lowest BCUT2D eigenvalue weighted by Gasteiger charge is -2.33. The van der Waals surface area contributed by atoms with Gasteiger partial charge in [0, 0.05) is 13.1 Å². The highest BCUT2D eigenvalue weighted by Gasteiger charge is 2.26. The summed E-state index contributed by atoms with van der Waals surface area (Å²) in [7, 11) is 0. The van der Waals surface area contributed by atoms with Gasteiger partial charge < -0.3 is 19.4 Å². The first kappa shape index (κ1) is 13.3. The van der Waals surface area contributed by atoms with E-state index in [1.165, 1.54) is 0 Å². The number of rotatable bonds is 4. The van der Waals surface area contributed by atoms with Crippen LogP contribution in [0.2, 0.25) is 0 Å². The van der Waals surface area contributed by atoms with Gasteiger partial charge in [0.15, 0.2) is 0 Å². The van der Waals surface area contributed by atoms with E-state index in [2.05, 4.69) is 41.2 Å². The third-order valence-electron chi connectivity index (χ3n) is 3.00. The first-order chi connectivity index (χ1) is 8.60. The molecule has 6 nitrogen and oxygen atoms in total. The summed E-state index contributed by atoms with van der Waals surface area (Å²) in [5.41, 5.74) is 0. The molecule has 1 fully saturated rings. The predicted octanol–water partition coefficient (Wildman–Crippen LogP) is 1.35. The highest BCUT2D eigenvalue weighted by Crippen LogP contribution is 2.21.